The van der Waals surface area contributed by atoms with Gasteiger partial charge < -0.3 is 20.7 Å². The van der Waals surface area contributed by atoms with E-state index in [1.165, 1.54) is 24.3 Å². The highest BCUT2D eigenvalue weighted by Gasteiger charge is 2.28. The molecule has 1 aromatic carbocycles. The number of amides is 3. The first-order chi connectivity index (χ1) is 11.2. The van der Waals surface area contributed by atoms with Gasteiger partial charge in [-0.25, -0.2) is 4.79 Å². The van der Waals surface area contributed by atoms with Crippen molar-refractivity contribution in [2.75, 3.05) is 25.0 Å². The predicted octanol–water partition coefficient (Wildman–Crippen LogP) is 2.52. The number of benzene rings is 1. The average molecular weight is 347 g/mol. The van der Waals surface area contributed by atoms with Crippen molar-refractivity contribution in [3.05, 3.63) is 24.3 Å². The maximum absolute atomic E-state index is 12.2. The predicted molar refractivity (Wildman–Crippen MR) is 82.9 cm³/mol. The molecule has 0 unspecified atom stereocenters. The van der Waals surface area contributed by atoms with Crippen molar-refractivity contribution in [3.63, 3.8) is 0 Å². The second kappa shape index (κ2) is 8.99. The van der Waals surface area contributed by atoms with Crippen LogP contribution in [0, 0.1) is 5.92 Å². The minimum absolute atomic E-state index is 0.0711. The molecule has 0 spiro atoms. The van der Waals surface area contributed by atoms with Crippen LogP contribution in [-0.2, 0) is 4.79 Å². The summed E-state index contributed by atoms with van der Waals surface area (Å²) in [6.07, 6.45) is -4.48. The summed E-state index contributed by atoms with van der Waals surface area (Å²) in [5.41, 5.74) is 0.0711. The molecule has 0 saturated heterocycles. The largest absolute Gasteiger partial charge is 0.482 e. The van der Waals surface area contributed by atoms with Gasteiger partial charge in [-0.3, -0.25) is 4.79 Å². The Hall–Kier alpha value is -2.45. The fraction of sp³-hybridized carbons (Fsp3) is 0.467. The smallest absolute Gasteiger partial charge is 0.422 e. The molecule has 0 bridgehead atoms. The Kier molecular flexibility index (Phi) is 7.34. The summed E-state index contributed by atoms with van der Waals surface area (Å²) in [5, 5.41) is 7.28. The summed E-state index contributed by atoms with van der Waals surface area (Å²) in [6.45, 7) is 2.63. The molecule has 0 aliphatic heterocycles. The lowest BCUT2D eigenvalue weighted by Crippen LogP contribution is -2.40. The van der Waals surface area contributed by atoms with E-state index in [4.69, 9.17) is 0 Å². The molecule has 0 aliphatic rings. The molecular formula is C15H20F3N3O3. The number of halogens is 3. The van der Waals surface area contributed by atoms with E-state index in [1.54, 1.807) is 0 Å². The van der Waals surface area contributed by atoms with Crippen molar-refractivity contribution < 1.29 is 27.5 Å². The van der Waals surface area contributed by atoms with E-state index in [9.17, 15) is 22.8 Å². The highest BCUT2D eigenvalue weighted by Crippen LogP contribution is 2.26. The van der Waals surface area contributed by atoms with Crippen LogP contribution in [-0.4, -0.2) is 37.8 Å². The van der Waals surface area contributed by atoms with Crippen molar-refractivity contribution in [3.8, 4) is 5.75 Å². The highest BCUT2D eigenvalue weighted by molar-refractivity contribution is 5.93. The van der Waals surface area contributed by atoms with E-state index in [-0.39, 0.29) is 29.8 Å². The van der Waals surface area contributed by atoms with E-state index in [0.29, 0.717) is 6.54 Å². The topological polar surface area (TPSA) is 79.5 Å². The Bertz CT molecular complexity index is 562. The van der Waals surface area contributed by atoms with Crippen molar-refractivity contribution in [2.45, 2.75) is 20.0 Å². The minimum atomic E-state index is -4.48. The number of rotatable bonds is 7. The van der Waals surface area contributed by atoms with Gasteiger partial charge in [0, 0.05) is 6.54 Å². The standard InChI is InChI=1S/C15H20F3N3O3/c1-10(2)7-19-13(22)8-20-14(23)21-11-5-3-4-6-12(11)24-9-15(16,17)18/h3-6,10H,7-9H2,1-2H3,(H,19,22)(H2,20,21,23). The van der Waals surface area contributed by atoms with Crippen LogP contribution in [0.5, 0.6) is 5.75 Å². The first-order valence-corrected chi connectivity index (χ1v) is 7.27. The minimum Gasteiger partial charge on any atom is -0.482 e. The fourth-order valence-corrected chi connectivity index (χ4v) is 1.56. The third-order valence-electron chi connectivity index (χ3n) is 2.64. The summed E-state index contributed by atoms with van der Waals surface area (Å²) >= 11 is 0. The monoisotopic (exact) mass is 347 g/mol. The number of para-hydroxylation sites is 2. The number of anilines is 1. The van der Waals surface area contributed by atoms with Crippen LogP contribution >= 0.6 is 0 Å². The summed E-state index contributed by atoms with van der Waals surface area (Å²) < 4.78 is 41.3. The van der Waals surface area contributed by atoms with Gasteiger partial charge in [-0.1, -0.05) is 26.0 Å². The van der Waals surface area contributed by atoms with Gasteiger partial charge in [0.15, 0.2) is 6.61 Å². The number of urea groups is 1. The van der Waals surface area contributed by atoms with E-state index in [0.717, 1.165) is 0 Å². The van der Waals surface area contributed by atoms with Gasteiger partial charge >= 0.3 is 12.2 Å². The molecule has 6 nitrogen and oxygen atoms in total. The third-order valence-corrected chi connectivity index (χ3v) is 2.64. The SMILES string of the molecule is CC(C)CNC(=O)CNC(=O)Nc1ccccc1OCC(F)(F)F. The van der Waals surface area contributed by atoms with Crippen LogP contribution in [0.25, 0.3) is 0 Å². The van der Waals surface area contributed by atoms with E-state index < -0.39 is 18.8 Å². The number of hydrogen-bond acceptors (Lipinski definition) is 3. The number of carbonyl (C=O) groups excluding carboxylic acids is 2. The zero-order valence-corrected chi connectivity index (χ0v) is 13.4. The molecule has 0 fully saturated rings. The Morgan fingerprint density at radius 3 is 2.46 bits per heavy atom. The fourth-order valence-electron chi connectivity index (χ4n) is 1.56. The zero-order valence-electron chi connectivity index (χ0n) is 13.4. The summed E-state index contributed by atoms with van der Waals surface area (Å²) in [5.74, 6) is -0.199. The van der Waals surface area contributed by atoms with Crippen molar-refractivity contribution >= 4 is 17.6 Å². The van der Waals surface area contributed by atoms with Crippen LogP contribution in [0.3, 0.4) is 0 Å². The van der Waals surface area contributed by atoms with Crippen molar-refractivity contribution in [1.29, 1.82) is 0 Å². The quantitative estimate of drug-likeness (QED) is 0.709. The molecule has 24 heavy (non-hydrogen) atoms. The van der Waals surface area contributed by atoms with E-state index >= 15 is 0 Å². The van der Waals surface area contributed by atoms with Crippen LogP contribution in [0.15, 0.2) is 24.3 Å². The Labute approximate surface area is 137 Å². The van der Waals surface area contributed by atoms with Crippen molar-refractivity contribution in [2.24, 2.45) is 5.92 Å². The van der Waals surface area contributed by atoms with Crippen molar-refractivity contribution in [1.82, 2.24) is 10.6 Å². The van der Waals surface area contributed by atoms with Crippen LogP contribution in [0.1, 0.15) is 13.8 Å². The van der Waals surface area contributed by atoms with Gasteiger partial charge in [-0.15, -0.1) is 0 Å². The summed E-state index contributed by atoms with van der Waals surface area (Å²) in [6, 6.07) is 4.98. The van der Waals surface area contributed by atoms with Gasteiger partial charge in [-0.2, -0.15) is 13.2 Å². The lowest BCUT2D eigenvalue weighted by molar-refractivity contribution is -0.153. The molecule has 3 amide bonds. The number of nitrogens with one attached hydrogen (secondary N) is 3. The number of ether oxygens (including phenoxy) is 1. The van der Waals surface area contributed by atoms with E-state index in [1.807, 2.05) is 13.8 Å². The maximum Gasteiger partial charge on any atom is 0.422 e. The Morgan fingerprint density at radius 2 is 1.83 bits per heavy atom. The molecule has 0 heterocycles. The first-order valence-electron chi connectivity index (χ1n) is 7.27. The van der Waals surface area contributed by atoms with E-state index in [2.05, 4.69) is 20.7 Å². The van der Waals surface area contributed by atoms with Gasteiger partial charge in [0.2, 0.25) is 5.91 Å². The van der Waals surface area contributed by atoms with Gasteiger partial charge in [0.1, 0.15) is 5.75 Å². The van der Waals surface area contributed by atoms with Gasteiger partial charge in [0.05, 0.1) is 12.2 Å². The molecule has 134 valence electrons. The molecular weight excluding hydrogens is 327 g/mol. The second-order valence-corrected chi connectivity index (χ2v) is 5.41. The van der Waals surface area contributed by atoms with Crippen LogP contribution in [0.4, 0.5) is 23.7 Å². The molecule has 0 aliphatic carbocycles. The molecule has 3 N–H and O–H groups in total. The third kappa shape index (κ3) is 8.25. The summed E-state index contributed by atoms with van der Waals surface area (Å²) in [7, 11) is 0. The lowest BCUT2D eigenvalue weighted by atomic mass is 10.2. The number of carbonyl (C=O) groups is 2. The van der Waals surface area contributed by atoms with Crippen LogP contribution in [0.2, 0.25) is 0 Å². The van der Waals surface area contributed by atoms with Crippen LogP contribution < -0.4 is 20.7 Å². The maximum atomic E-state index is 12.2. The molecule has 0 aromatic heterocycles. The lowest BCUT2D eigenvalue weighted by Gasteiger charge is -2.14. The first kappa shape index (κ1) is 19.6. The molecule has 9 heteroatoms. The summed E-state index contributed by atoms with van der Waals surface area (Å²) in [4.78, 5) is 23.2. The molecule has 0 atom stereocenters. The van der Waals surface area contributed by atoms with Gasteiger partial charge in [0.25, 0.3) is 0 Å². The normalized spacial score (nSPS) is 11.1. The zero-order chi connectivity index (χ0) is 18.2. The average Bonchev–Trinajstić information content (AvgIpc) is 2.49. The molecule has 0 saturated carbocycles. The number of hydrogen-bond donors (Lipinski definition) is 3. The second-order valence-electron chi connectivity index (χ2n) is 5.41. The molecule has 1 rings (SSSR count). The highest BCUT2D eigenvalue weighted by atomic mass is 19.4. The number of alkyl halides is 3. The molecule has 1 aromatic rings. The Balaban J connectivity index is 2.50. The molecule has 0 radical (unpaired) electrons. The Morgan fingerprint density at radius 1 is 1.17 bits per heavy atom. The van der Waals surface area contributed by atoms with Gasteiger partial charge in [-0.05, 0) is 18.1 Å².